The van der Waals surface area contributed by atoms with Gasteiger partial charge in [-0.25, -0.2) is 9.48 Å². The number of hydrogen-bond acceptors (Lipinski definition) is 4. The van der Waals surface area contributed by atoms with E-state index in [4.69, 9.17) is 10.5 Å². The van der Waals surface area contributed by atoms with E-state index in [-0.39, 0.29) is 11.5 Å². The van der Waals surface area contributed by atoms with E-state index in [9.17, 15) is 9.90 Å². The quantitative estimate of drug-likeness (QED) is 0.847. The molecule has 0 aromatic carbocycles. The highest BCUT2D eigenvalue weighted by Gasteiger charge is 2.34. The Balaban J connectivity index is 2.00. The average Bonchev–Trinajstić information content (AvgIpc) is 3.14. The van der Waals surface area contributed by atoms with Gasteiger partial charge in [0.05, 0.1) is 11.7 Å². The van der Waals surface area contributed by atoms with Crippen LogP contribution < -0.4 is 5.73 Å². The van der Waals surface area contributed by atoms with Crippen molar-refractivity contribution in [3.63, 3.8) is 0 Å². The third-order valence-electron chi connectivity index (χ3n) is 3.69. The van der Waals surface area contributed by atoms with Crippen molar-refractivity contribution in [3.05, 3.63) is 11.3 Å². The molecule has 1 aliphatic heterocycles. The summed E-state index contributed by atoms with van der Waals surface area (Å²) in [5, 5.41) is 13.8. The van der Waals surface area contributed by atoms with Crippen LogP contribution in [0.4, 0.5) is 5.82 Å². The summed E-state index contributed by atoms with van der Waals surface area (Å²) < 4.78 is 7.01. The zero-order chi connectivity index (χ0) is 12.7. The monoisotopic (exact) mass is 251 g/mol. The van der Waals surface area contributed by atoms with Gasteiger partial charge in [-0.1, -0.05) is 0 Å². The van der Waals surface area contributed by atoms with Gasteiger partial charge in [-0.05, 0) is 25.7 Å². The number of ether oxygens (including phenoxy) is 1. The predicted octanol–water partition coefficient (Wildman–Crippen LogP) is 1.39. The Morgan fingerprint density at radius 2 is 2.00 bits per heavy atom. The van der Waals surface area contributed by atoms with Crippen molar-refractivity contribution in [1.29, 1.82) is 0 Å². The third-order valence-corrected chi connectivity index (χ3v) is 3.69. The topological polar surface area (TPSA) is 90.4 Å². The van der Waals surface area contributed by atoms with Gasteiger partial charge in [0.1, 0.15) is 11.4 Å². The number of nitrogens with two attached hydrogens (primary N) is 1. The van der Waals surface area contributed by atoms with Crippen molar-refractivity contribution in [2.75, 3.05) is 18.9 Å². The largest absolute Gasteiger partial charge is 0.477 e. The first-order chi connectivity index (χ1) is 8.68. The molecule has 6 heteroatoms. The fourth-order valence-corrected chi connectivity index (χ4v) is 2.54. The van der Waals surface area contributed by atoms with Gasteiger partial charge in [0.25, 0.3) is 0 Å². The molecular formula is C12H17N3O3. The molecular weight excluding hydrogens is 234 g/mol. The maximum absolute atomic E-state index is 11.4. The SMILES string of the molecule is Nc1c(C(=O)O)c(C2CCOCC2)nn1C1CC1. The minimum absolute atomic E-state index is 0.159. The molecule has 98 valence electrons. The number of nitrogen functional groups attached to an aromatic ring is 1. The summed E-state index contributed by atoms with van der Waals surface area (Å²) in [5.41, 5.74) is 6.79. The molecule has 3 rings (SSSR count). The molecule has 2 fully saturated rings. The Labute approximate surface area is 105 Å². The molecule has 6 nitrogen and oxygen atoms in total. The summed E-state index contributed by atoms with van der Waals surface area (Å²) in [6.07, 6.45) is 3.72. The summed E-state index contributed by atoms with van der Waals surface area (Å²) in [7, 11) is 0. The lowest BCUT2D eigenvalue weighted by Crippen LogP contribution is -2.17. The standard InChI is InChI=1S/C12H17N3O3/c13-11-9(12(16)17)10(7-3-5-18-6-4-7)14-15(11)8-1-2-8/h7-8H,1-6,13H2,(H,16,17). The van der Waals surface area contributed by atoms with Gasteiger partial charge < -0.3 is 15.6 Å². The highest BCUT2D eigenvalue weighted by atomic mass is 16.5. The molecule has 0 amide bonds. The summed E-state index contributed by atoms with van der Waals surface area (Å²) in [6, 6.07) is 0.302. The lowest BCUT2D eigenvalue weighted by Gasteiger charge is -2.20. The Hall–Kier alpha value is -1.56. The van der Waals surface area contributed by atoms with Gasteiger partial charge in [0.15, 0.2) is 0 Å². The molecule has 3 N–H and O–H groups in total. The molecule has 0 radical (unpaired) electrons. The van der Waals surface area contributed by atoms with Gasteiger partial charge in [-0.3, -0.25) is 0 Å². The van der Waals surface area contributed by atoms with Crippen LogP contribution in [0.25, 0.3) is 0 Å². The van der Waals surface area contributed by atoms with Crippen molar-refractivity contribution >= 4 is 11.8 Å². The van der Waals surface area contributed by atoms with Gasteiger partial charge in [-0.15, -0.1) is 0 Å². The predicted molar refractivity (Wildman–Crippen MR) is 64.7 cm³/mol. The molecule has 2 aliphatic rings. The van der Waals surface area contributed by atoms with E-state index >= 15 is 0 Å². The fourth-order valence-electron chi connectivity index (χ4n) is 2.54. The molecule has 1 saturated carbocycles. The molecule has 0 atom stereocenters. The van der Waals surface area contributed by atoms with Gasteiger partial charge in [0.2, 0.25) is 0 Å². The zero-order valence-electron chi connectivity index (χ0n) is 10.1. The van der Waals surface area contributed by atoms with Crippen LogP contribution in [0.15, 0.2) is 0 Å². The number of rotatable bonds is 3. The van der Waals surface area contributed by atoms with Crippen molar-refractivity contribution in [1.82, 2.24) is 9.78 Å². The zero-order valence-corrected chi connectivity index (χ0v) is 10.1. The van der Waals surface area contributed by atoms with Crippen molar-refractivity contribution < 1.29 is 14.6 Å². The molecule has 1 aromatic heterocycles. The van der Waals surface area contributed by atoms with Crippen LogP contribution in [-0.2, 0) is 4.74 Å². The highest BCUT2D eigenvalue weighted by Crippen LogP contribution is 2.40. The van der Waals surface area contributed by atoms with Crippen LogP contribution in [0, 0.1) is 0 Å². The highest BCUT2D eigenvalue weighted by molar-refractivity contribution is 5.94. The van der Waals surface area contributed by atoms with Crippen molar-refractivity contribution in [2.24, 2.45) is 0 Å². The second-order valence-electron chi connectivity index (χ2n) is 5.01. The molecule has 1 aromatic rings. The smallest absolute Gasteiger partial charge is 0.341 e. The van der Waals surface area contributed by atoms with Crippen molar-refractivity contribution in [3.8, 4) is 0 Å². The second kappa shape index (κ2) is 4.28. The second-order valence-corrected chi connectivity index (χ2v) is 5.01. The van der Waals surface area contributed by atoms with Crippen LogP contribution in [-0.4, -0.2) is 34.1 Å². The minimum Gasteiger partial charge on any atom is -0.477 e. The molecule has 2 heterocycles. The van der Waals surface area contributed by atoms with Crippen LogP contribution in [0.1, 0.15) is 53.7 Å². The molecule has 18 heavy (non-hydrogen) atoms. The molecule has 0 unspecified atom stereocenters. The maximum Gasteiger partial charge on any atom is 0.341 e. The summed E-state index contributed by atoms with van der Waals surface area (Å²) in [4.78, 5) is 11.4. The van der Waals surface area contributed by atoms with Crippen LogP contribution in [0.2, 0.25) is 0 Å². The van der Waals surface area contributed by atoms with Gasteiger partial charge in [-0.2, -0.15) is 5.10 Å². The molecule has 0 spiro atoms. The number of anilines is 1. The third kappa shape index (κ3) is 1.86. The molecule has 0 bridgehead atoms. The van der Waals surface area contributed by atoms with E-state index in [0.717, 1.165) is 25.7 Å². The number of nitrogens with zero attached hydrogens (tertiary/aromatic N) is 2. The molecule has 1 saturated heterocycles. The van der Waals surface area contributed by atoms with Crippen LogP contribution >= 0.6 is 0 Å². The Kier molecular flexibility index (Phi) is 2.74. The number of carboxylic acid groups (broad SMARTS) is 1. The number of aromatic nitrogens is 2. The fraction of sp³-hybridized carbons (Fsp3) is 0.667. The summed E-state index contributed by atoms with van der Waals surface area (Å²) >= 11 is 0. The van der Waals surface area contributed by atoms with E-state index < -0.39 is 5.97 Å². The normalized spacial score (nSPS) is 21.1. The number of hydrogen-bond donors (Lipinski definition) is 2. The number of aromatic carboxylic acids is 1. The summed E-state index contributed by atoms with van der Waals surface area (Å²) in [5.74, 6) is -0.500. The van der Waals surface area contributed by atoms with Crippen LogP contribution in [0.3, 0.4) is 0 Å². The number of carboxylic acids is 1. The van der Waals surface area contributed by atoms with Crippen LogP contribution in [0.5, 0.6) is 0 Å². The lowest BCUT2D eigenvalue weighted by atomic mass is 9.94. The van der Waals surface area contributed by atoms with E-state index in [1.54, 1.807) is 4.68 Å². The van der Waals surface area contributed by atoms with E-state index in [0.29, 0.717) is 30.8 Å². The van der Waals surface area contributed by atoms with Gasteiger partial charge >= 0.3 is 5.97 Å². The van der Waals surface area contributed by atoms with E-state index in [1.165, 1.54) is 0 Å². The van der Waals surface area contributed by atoms with E-state index in [2.05, 4.69) is 5.10 Å². The van der Waals surface area contributed by atoms with Gasteiger partial charge in [0, 0.05) is 19.1 Å². The Bertz CT molecular complexity index is 473. The maximum atomic E-state index is 11.4. The lowest BCUT2D eigenvalue weighted by molar-refractivity contribution is 0.0686. The summed E-state index contributed by atoms with van der Waals surface area (Å²) in [6.45, 7) is 1.33. The Morgan fingerprint density at radius 1 is 1.33 bits per heavy atom. The van der Waals surface area contributed by atoms with Crippen molar-refractivity contribution in [2.45, 2.75) is 37.6 Å². The number of carbonyl (C=O) groups is 1. The first-order valence-corrected chi connectivity index (χ1v) is 6.37. The Morgan fingerprint density at radius 3 is 2.56 bits per heavy atom. The minimum atomic E-state index is -0.971. The molecule has 1 aliphatic carbocycles. The first kappa shape index (κ1) is 11.5. The first-order valence-electron chi connectivity index (χ1n) is 6.37. The average molecular weight is 251 g/mol. The van der Waals surface area contributed by atoms with E-state index in [1.807, 2.05) is 0 Å².